The average Bonchev–Trinajstić information content (AvgIpc) is 2.59. The van der Waals surface area contributed by atoms with Gasteiger partial charge in [0.25, 0.3) is 0 Å². The number of unbranched alkanes of at least 4 members (excludes halogenated alkanes) is 2. The molecule has 0 fully saturated rings. The molecule has 0 unspecified atom stereocenters. The van der Waals surface area contributed by atoms with Crippen LogP contribution in [-0.4, -0.2) is 29.1 Å². The number of rotatable bonds is 9. The minimum atomic E-state index is -3.49. The van der Waals surface area contributed by atoms with Gasteiger partial charge in [0, 0.05) is 6.54 Å². The smallest absolute Gasteiger partial charge is 0.240 e. The number of hydrogen-bond donors (Lipinski definition) is 1. The van der Waals surface area contributed by atoms with Crippen molar-refractivity contribution in [3.8, 4) is 0 Å². The molecule has 2 aromatic rings. The molecule has 5 nitrogen and oxygen atoms in total. The van der Waals surface area contributed by atoms with Crippen molar-refractivity contribution in [3.63, 3.8) is 0 Å². The first-order chi connectivity index (χ1) is 11.4. The Morgan fingerprint density at radius 3 is 1.76 bits per heavy atom. The second kappa shape index (κ2) is 9.96. The zero-order valence-electron chi connectivity index (χ0n) is 13.7. The minimum absolute atomic E-state index is 0. The van der Waals surface area contributed by atoms with E-state index in [4.69, 9.17) is 0 Å². The van der Waals surface area contributed by atoms with E-state index < -0.39 is 19.9 Å². The summed E-state index contributed by atoms with van der Waals surface area (Å²) in [5, 5.41) is 0. The van der Waals surface area contributed by atoms with Crippen LogP contribution in [-0.2, 0) is 33.4 Å². The first-order valence-electron chi connectivity index (χ1n) is 7.74. The van der Waals surface area contributed by atoms with Crippen LogP contribution in [0.25, 0.3) is 0 Å². The van der Waals surface area contributed by atoms with Crippen molar-refractivity contribution in [3.05, 3.63) is 60.7 Å². The van der Waals surface area contributed by atoms with Crippen LogP contribution in [0.2, 0.25) is 0 Å². The molecule has 0 aromatic heterocycles. The van der Waals surface area contributed by atoms with Gasteiger partial charge in [0.05, 0.1) is 15.5 Å². The van der Waals surface area contributed by atoms with Crippen molar-refractivity contribution in [1.29, 1.82) is 0 Å². The van der Waals surface area contributed by atoms with E-state index in [0.717, 1.165) is 0 Å². The quantitative estimate of drug-likeness (QED) is 0.657. The lowest BCUT2D eigenvalue weighted by atomic mass is 10.2. The summed E-state index contributed by atoms with van der Waals surface area (Å²) in [6.45, 7) is 0.294. The first-order valence-corrected chi connectivity index (χ1v) is 10.9. The molecule has 0 radical (unpaired) electrons. The highest BCUT2D eigenvalue weighted by molar-refractivity contribution is 7.91. The molecule has 0 aliphatic heterocycles. The molecule has 0 heterocycles. The van der Waals surface area contributed by atoms with Crippen LogP contribution in [0.1, 0.15) is 19.3 Å². The molecule has 0 bridgehead atoms. The van der Waals surface area contributed by atoms with E-state index >= 15 is 0 Å². The second-order valence-electron chi connectivity index (χ2n) is 5.40. The Kier molecular flexibility index (Phi) is 8.64. The second-order valence-corrected chi connectivity index (χ2v) is 9.28. The lowest BCUT2D eigenvalue weighted by molar-refractivity contribution is 0.572. The van der Waals surface area contributed by atoms with Crippen LogP contribution in [0.4, 0.5) is 0 Å². The fourth-order valence-electron chi connectivity index (χ4n) is 2.23. The zero-order valence-corrected chi connectivity index (χ0v) is 16.1. The van der Waals surface area contributed by atoms with E-state index in [2.05, 4.69) is 4.72 Å². The van der Waals surface area contributed by atoms with Crippen LogP contribution < -0.4 is 4.72 Å². The van der Waals surface area contributed by atoms with E-state index in [1.807, 2.05) is 0 Å². The zero-order chi connectivity index (χ0) is 17.5. The third-order valence-corrected chi connectivity index (χ3v) is 6.83. The maximum Gasteiger partial charge on any atom is 0.240 e. The summed E-state index contributed by atoms with van der Waals surface area (Å²) in [5.41, 5.74) is 0. The Morgan fingerprint density at radius 2 is 1.20 bits per heavy atom. The Morgan fingerprint density at radius 1 is 0.680 bits per heavy atom. The maximum absolute atomic E-state index is 12.1. The van der Waals surface area contributed by atoms with Gasteiger partial charge in [-0.1, -0.05) is 42.8 Å². The van der Waals surface area contributed by atoms with Crippen molar-refractivity contribution >= 4 is 33.4 Å². The molecule has 1 N–H and O–H groups in total. The summed E-state index contributed by atoms with van der Waals surface area (Å²) >= 11 is 0. The van der Waals surface area contributed by atoms with Crippen molar-refractivity contribution in [2.24, 2.45) is 0 Å². The molecule has 2 rings (SSSR count). The van der Waals surface area contributed by atoms with E-state index in [1.165, 1.54) is 12.1 Å². The highest BCUT2D eigenvalue weighted by Gasteiger charge is 2.14. The molecular weight excluding hydrogens is 378 g/mol. The van der Waals surface area contributed by atoms with Gasteiger partial charge in [-0.3, -0.25) is 0 Å². The fourth-order valence-corrected chi connectivity index (χ4v) is 4.72. The van der Waals surface area contributed by atoms with Crippen LogP contribution in [0.15, 0.2) is 70.5 Å². The molecule has 0 amide bonds. The predicted molar refractivity (Wildman–Crippen MR) is 101 cm³/mol. The lowest BCUT2D eigenvalue weighted by Gasteiger charge is -2.07. The summed E-state index contributed by atoms with van der Waals surface area (Å²) in [6, 6.07) is 16.5. The van der Waals surface area contributed by atoms with Crippen molar-refractivity contribution in [1.82, 2.24) is 4.72 Å². The standard InChI is InChI=1S/C17H21NO4S2.S/c19-23(20,16-10-4-1-5-11-16)15-9-3-8-14-18-24(21,22)17-12-6-2-7-13-17;/h1-2,4-7,10-13,18H,3,8-9,14-15H2;/q;-2. The number of nitrogens with one attached hydrogen (secondary N) is 1. The summed E-state index contributed by atoms with van der Waals surface area (Å²) in [6.07, 6.45) is 1.74. The molecule has 138 valence electrons. The molecule has 0 spiro atoms. The molecule has 0 atom stereocenters. The summed E-state index contributed by atoms with van der Waals surface area (Å²) < 4.78 is 50.7. The highest BCUT2D eigenvalue weighted by atomic mass is 32.2. The summed E-state index contributed by atoms with van der Waals surface area (Å²) in [4.78, 5) is 0.562. The van der Waals surface area contributed by atoms with Gasteiger partial charge in [0.2, 0.25) is 10.0 Å². The molecule has 0 aliphatic rings. The Balaban J connectivity index is 0.00000312. The highest BCUT2D eigenvalue weighted by Crippen LogP contribution is 2.12. The monoisotopic (exact) mass is 399 g/mol. The van der Waals surface area contributed by atoms with Gasteiger partial charge < -0.3 is 13.5 Å². The fraction of sp³-hybridized carbons (Fsp3) is 0.294. The Labute approximate surface area is 156 Å². The predicted octanol–water partition coefficient (Wildman–Crippen LogP) is 2.61. The molecule has 8 heteroatoms. The van der Waals surface area contributed by atoms with Gasteiger partial charge in [0.15, 0.2) is 9.84 Å². The van der Waals surface area contributed by atoms with Crippen LogP contribution in [0, 0.1) is 0 Å². The number of sulfonamides is 1. The largest absolute Gasteiger partial charge is 2.00 e. The van der Waals surface area contributed by atoms with E-state index in [9.17, 15) is 16.8 Å². The maximum atomic E-state index is 12.1. The lowest BCUT2D eigenvalue weighted by Crippen LogP contribution is -2.24. The third-order valence-electron chi connectivity index (χ3n) is 3.54. The third kappa shape index (κ3) is 6.81. The molecule has 25 heavy (non-hydrogen) atoms. The number of hydrogen-bond acceptors (Lipinski definition) is 4. The van der Waals surface area contributed by atoms with Crippen molar-refractivity contribution < 1.29 is 16.8 Å². The topological polar surface area (TPSA) is 80.3 Å². The van der Waals surface area contributed by atoms with E-state index in [1.54, 1.807) is 48.5 Å². The molecule has 0 saturated heterocycles. The van der Waals surface area contributed by atoms with Crippen molar-refractivity contribution in [2.75, 3.05) is 12.3 Å². The SMILES string of the molecule is O=S(=O)(CCCCCNS(=O)(=O)c1ccccc1)c1ccccc1.[S-2]. The van der Waals surface area contributed by atoms with E-state index in [0.29, 0.717) is 30.7 Å². The molecule has 0 aliphatic carbocycles. The minimum Gasteiger partial charge on any atom is -2.00 e. The van der Waals surface area contributed by atoms with Gasteiger partial charge in [-0.2, -0.15) is 0 Å². The molecular formula is C17H21NO4S3-2. The van der Waals surface area contributed by atoms with Crippen molar-refractivity contribution in [2.45, 2.75) is 29.1 Å². The normalized spacial score (nSPS) is 11.7. The first kappa shape index (κ1) is 21.7. The van der Waals surface area contributed by atoms with E-state index in [-0.39, 0.29) is 24.1 Å². The Bertz CT molecular complexity index is 762. The Hall–Kier alpha value is -1.35. The molecule has 0 saturated carbocycles. The number of benzene rings is 2. The number of sulfone groups is 1. The van der Waals surface area contributed by atoms with Gasteiger partial charge in [-0.25, -0.2) is 21.6 Å². The summed E-state index contributed by atoms with van der Waals surface area (Å²) in [7, 11) is -6.74. The summed E-state index contributed by atoms with van der Waals surface area (Å²) in [5.74, 6) is 0.0719. The van der Waals surface area contributed by atoms with Gasteiger partial charge in [0.1, 0.15) is 0 Å². The van der Waals surface area contributed by atoms with Gasteiger partial charge in [-0.05, 0) is 37.1 Å². The average molecular weight is 400 g/mol. The van der Waals surface area contributed by atoms with Gasteiger partial charge >= 0.3 is 0 Å². The van der Waals surface area contributed by atoms with Crippen LogP contribution in [0.5, 0.6) is 0 Å². The van der Waals surface area contributed by atoms with Gasteiger partial charge in [-0.15, -0.1) is 0 Å². The van der Waals surface area contributed by atoms with Crippen LogP contribution >= 0.6 is 0 Å². The molecule has 2 aromatic carbocycles. The van der Waals surface area contributed by atoms with Crippen LogP contribution in [0.3, 0.4) is 0 Å².